The first-order valence-corrected chi connectivity index (χ1v) is 7.67. The third-order valence-corrected chi connectivity index (χ3v) is 4.25. The van der Waals surface area contributed by atoms with Gasteiger partial charge in [0.15, 0.2) is 0 Å². The Labute approximate surface area is 123 Å². The molecule has 0 spiro atoms. The quantitative estimate of drug-likeness (QED) is 0.742. The Morgan fingerprint density at radius 3 is 2.67 bits per heavy atom. The molecule has 2 rings (SSSR count). The highest BCUT2D eigenvalue weighted by Gasteiger charge is 2.20. The maximum atomic E-state index is 12.5. The number of anilines is 1. The van der Waals surface area contributed by atoms with E-state index in [0.717, 1.165) is 0 Å². The molecule has 1 aromatic carbocycles. The van der Waals surface area contributed by atoms with Crippen molar-refractivity contribution < 1.29 is 13.5 Å². The monoisotopic (exact) mass is 305 g/mol. The highest BCUT2D eigenvalue weighted by atomic mass is 32.2. The number of aliphatic hydroxyl groups excluding tert-OH is 1. The molecule has 0 saturated heterocycles. The van der Waals surface area contributed by atoms with Crippen molar-refractivity contribution in [2.75, 3.05) is 11.3 Å². The minimum Gasteiger partial charge on any atom is -0.384 e. The average Bonchev–Trinajstić information content (AvgIpc) is 2.77. The number of nitrogens with zero attached hydrogens (tertiary/aromatic N) is 1. The van der Waals surface area contributed by atoms with Crippen LogP contribution in [0.4, 0.5) is 5.69 Å². The van der Waals surface area contributed by atoms with Crippen LogP contribution >= 0.6 is 0 Å². The molecule has 0 saturated carbocycles. The van der Waals surface area contributed by atoms with E-state index in [1.165, 1.54) is 6.07 Å². The minimum atomic E-state index is -3.78. The lowest BCUT2D eigenvalue weighted by Crippen LogP contribution is -2.15. The van der Waals surface area contributed by atoms with Gasteiger partial charge in [0.05, 0.1) is 17.1 Å². The van der Waals surface area contributed by atoms with E-state index in [-0.39, 0.29) is 11.5 Å². The molecular formula is C14H15N3O3S. The second-order valence-corrected chi connectivity index (χ2v) is 6.02. The second kappa shape index (κ2) is 5.99. The number of aliphatic hydroxyl groups is 1. The SMILES string of the molecule is Cc1n[nH]c(C)c1NS(=O)(=O)c1ccccc1C#CCO. The van der Waals surface area contributed by atoms with Gasteiger partial charge in [0.25, 0.3) is 10.0 Å². The van der Waals surface area contributed by atoms with Crippen LogP contribution in [0.1, 0.15) is 17.0 Å². The van der Waals surface area contributed by atoms with E-state index in [0.29, 0.717) is 22.6 Å². The van der Waals surface area contributed by atoms with Crippen LogP contribution in [0.5, 0.6) is 0 Å². The second-order valence-electron chi connectivity index (χ2n) is 4.37. The molecule has 3 N–H and O–H groups in total. The summed E-state index contributed by atoms with van der Waals surface area (Å²) >= 11 is 0. The van der Waals surface area contributed by atoms with E-state index in [9.17, 15) is 8.42 Å². The Morgan fingerprint density at radius 2 is 2.05 bits per heavy atom. The molecule has 6 nitrogen and oxygen atoms in total. The zero-order valence-corrected chi connectivity index (χ0v) is 12.5. The molecule has 0 aliphatic heterocycles. The number of aryl methyl sites for hydroxylation is 2. The third kappa shape index (κ3) is 3.24. The predicted molar refractivity (Wildman–Crippen MR) is 79.3 cm³/mol. The summed E-state index contributed by atoms with van der Waals surface area (Å²) in [6.07, 6.45) is 0. The van der Waals surface area contributed by atoms with Crippen LogP contribution in [0.3, 0.4) is 0 Å². The van der Waals surface area contributed by atoms with E-state index >= 15 is 0 Å². The van der Waals surface area contributed by atoms with Gasteiger partial charge in [0.1, 0.15) is 11.5 Å². The molecule has 21 heavy (non-hydrogen) atoms. The van der Waals surface area contributed by atoms with Gasteiger partial charge in [-0.05, 0) is 26.0 Å². The molecule has 0 amide bonds. The standard InChI is InChI=1S/C14H15N3O3S/c1-10-14(11(2)16-15-10)17-21(19,20)13-8-4-3-6-12(13)7-5-9-18/h3-4,6,8,17-18H,9H2,1-2H3,(H,15,16). The summed E-state index contributed by atoms with van der Waals surface area (Å²) in [5, 5.41) is 15.4. The topological polar surface area (TPSA) is 95.1 Å². The summed E-state index contributed by atoms with van der Waals surface area (Å²) in [5.41, 5.74) is 1.96. The lowest BCUT2D eigenvalue weighted by Gasteiger charge is -2.09. The summed E-state index contributed by atoms with van der Waals surface area (Å²) in [6, 6.07) is 6.36. The molecule has 1 heterocycles. The summed E-state index contributed by atoms with van der Waals surface area (Å²) in [7, 11) is -3.78. The molecule has 0 unspecified atom stereocenters. The molecule has 1 aromatic heterocycles. The van der Waals surface area contributed by atoms with E-state index in [4.69, 9.17) is 5.11 Å². The molecule has 2 aromatic rings. The van der Waals surface area contributed by atoms with Crippen LogP contribution in [0.25, 0.3) is 0 Å². The van der Waals surface area contributed by atoms with Crippen LogP contribution in [0.15, 0.2) is 29.2 Å². The van der Waals surface area contributed by atoms with Gasteiger partial charge in [0.2, 0.25) is 0 Å². The van der Waals surface area contributed by atoms with Gasteiger partial charge in [-0.25, -0.2) is 8.42 Å². The Bertz CT molecular complexity index is 794. The fraction of sp³-hybridized carbons (Fsp3) is 0.214. The van der Waals surface area contributed by atoms with E-state index in [1.54, 1.807) is 32.0 Å². The maximum Gasteiger partial charge on any atom is 0.263 e. The Hall–Kier alpha value is -2.30. The normalized spacial score (nSPS) is 10.8. The Balaban J connectivity index is 2.46. The Kier molecular flexibility index (Phi) is 4.31. The largest absolute Gasteiger partial charge is 0.384 e. The van der Waals surface area contributed by atoms with Crippen molar-refractivity contribution >= 4 is 15.7 Å². The smallest absolute Gasteiger partial charge is 0.263 e. The van der Waals surface area contributed by atoms with Crippen molar-refractivity contribution in [3.8, 4) is 11.8 Å². The number of aromatic nitrogens is 2. The zero-order valence-electron chi connectivity index (χ0n) is 11.6. The lowest BCUT2D eigenvalue weighted by atomic mass is 10.2. The van der Waals surface area contributed by atoms with Gasteiger partial charge >= 0.3 is 0 Å². The number of sulfonamides is 1. The lowest BCUT2D eigenvalue weighted by molar-refractivity contribution is 0.350. The molecule has 0 bridgehead atoms. The minimum absolute atomic E-state index is 0.0611. The summed E-state index contributed by atoms with van der Waals surface area (Å²) < 4.78 is 27.5. The van der Waals surface area contributed by atoms with Gasteiger partial charge in [0, 0.05) is 5.56 Å². The number of benzene rings is 1. The summed E-state index contributed by atoms with van der Waals surface area (Å²) in [5.74, 6) is 5.09. The molecule has 0 aliphatic carbocycles. The number of hydrogen-bond donors (Lipinski definition) is 3. The van der Waals surface area contributed by atoms with Crippen molar-refractivity contribution in [2.24, 2.45) is 0 Å². The van der Waals surface area contributed by atoms with Crippen LogP contribution in [-0.2, 0) is 10.0 Å². The molecular weight excluding hydrogens is 290 g/mol. The third-order valence-electron chi connectivity index (χ3n) is 2.84. The van der Waals surface area contributed by atoms with E-state index < -0.39 is 10.0 Å². The summed E-state index contributed by atoms with van der Waals surface area (Å²) in [4.78, 5) is 0.0611. The predicted octanol–water partition coefficient (Wildman–Crippen LogP) is 1.17. The molecule has 0 aliphatic rings. The summed E-state index contributed by atoms with van der Waals surface area (Å²) in [6.45, 7) is 3.11. The highest BCUT2D eigenvalue weighted by Crippen LogP contribution is 2.22. The highest BCUT2D eigenvalue weighted by molar-refractivity contribution is 7.92. The van der Waals surface area contributed by atoms with Crippen molar-refractivity contribution in [1.29, 1.82) is 0 Å². The van der Waals surface area contributed by atoms with Crippen LogP contribution in [-0.4, -0.2) is 30.3 Å². The van der Waals surface area contributed by atoms with Gasteiger partial charge in [-0.2, -0.15) is 5.10 Å². The fourth-order valence-electron chi connectivity index (χ4n) is 1.83. The van der Waals surface area contributed by atoms with Crippen LogP contribution in [0, 0.1) is 25.7 Å². The Morgan fingerprint density at radius 1 is 1.33 bits per heavy atom. The van der Waals surface area contributed by atoms with Gasteiger partial charge in [-0.3, -0.25) is 9.82 Å². The van der Waals surface area contributed by atoms with Gasteiger partial charge in [-0.1, -0.05) is 24.0 Å². The van der Waals surface area contributed by atoms with Gasteiger partial charge in [-0.15, -0.1) is 0 Å². The van der Waals surface area contributed by atoms with E-state index in [1.807, 2.05) is 0 Å². The molecule has 7 heteroatoms. The first kappa shape index (κ1) is 15.1. The molecule has 0 fully saturated rings. The van der Waals surface area contributed by atoms with Crippen molar-refractivity contribution in [2.45, 2.75) is 18.7 Å². The fourth-order valence-corrected chi connectivity index (χ4v) is 3.18. The number of hydrogen-bond acceptors (Lipinski definition) is 4. The number of nitrogens with one attached hydrogen (secondary N) is 2. The molecule has 110 valence electrons. The number of aromatic amines is 1. The van der Waals surface area contributed by atoms with Crippen LogP contribution in [0.2, 0.25) is 0 Å². The van der Waals surface area contributed by atoms with Crippen molar-refractivity contribution in [1.82, 2.24) is 10.2 Å². The van der Waals surface area contributed by atoms with Crippen molar-refractivity contribution in [3.05, 3.63) is 41.2 Å². The van der Waals surface area contributed by atoms with Crippen molar-refractivity contribution in [3.63, 3.8) is 0 Å². The molecule has 0 atom stereocenters. The average molecular weight is 305 g/mol. The van der Waals surface area contributed by atoms with Gasteiger partial charge < -0.3 is 5.11 Å². The number of H-pyrrole nitrogens is 1. The number of rotatable bonds is 3. The maximum absolute atomic E-state index is 12.5. The van der Waals surface area contributed by atoms with E-state index in [2.05, 4.69) is 26.8 Å². The zero-order chi connectivity index (χ0) is 15.5. The molecule has 0 radical (unpaired) electrons. The first-order valence-electron chi connectivity index (χ1n) is 6.19. The first-order chi connectivity index (χ1) is 9.95. The van der Waals surface area contributed by atoms with Crippen LogP contribution < -0.4 is 4.72 Å².